The molecular formula is C22H34N4O2. The molecule has 0 aromatic heterocycles. The zero-order chi connectivity index (χ0) is 19.4. The summed E-state index contributed by atoms with van der Waals surface area (Å²) < 4.78 is 6.31. The standard InChI is InChI=1S/C22H34N4O2/c1-2-23-21(27)26-11-9-22(10-12-26)18-20(8-17-28-22)25-15-13-24(14-16-25)19-6-4-3-5-7-19/h3-7,20H,2,8-18H2,1H3,(H,23,27)/t20-/m1/s1. The zero-order valence-corrected chi connectivity index (χ0v) is 17.1. The number of carbonyl (C=O) groups excluding carboxylic acids is 1. The van der Waals surface area contributed by atoms with Gasteiger partial charge in [-0.15, -0.1) is 0 Å². The number of anilines is 1. The van der Waals surface area contributed by atoms with E-state index in [0.717, 1.165) is 71.6 Å². The highest BCUT2D eigenvalue weighted by Gasteiger charge is 2.42. The fraction of sp³-hybridized carbons (Fsp3) is 0.682. The highest BCUT2D eigenvalue weighted by atomic mass is 16.5. The number of piperidine rings is 1. The molecule has 0 bridgehead atoms. The lowest BCUT2D eigenvalue weighted by Gasteiger charge is -2.49. The van der Waals surface area contributed by atoms with Crippen LogP contribution in [-0.4, -0.2) is 79.9 Å². The molecule has 0 saturated carbocycles. The number of likely N-dealkylation sites (tertiary alicyclic amines) is 1. The van der Waals surface area contributed by atoms with Crippen molar-refractivity contribution in [1.82, 2.24) is 15.1 Å². The van der Waals surface area contributed by atoms with E-state index in [-0.39, 0.29) is 11.6 Å². The number of carbonyl (C=O) groups is 1. The van der Waals surface area contributed by atoms with Crippen LogP contribution in [0.15, 0.2) is 30.3 Å². The van der Waals surface area contributed by atoms with Crippen molar-refractivity contribution in [2.45, 2.75) is 44.2 Å². The van der Waals surface area contributed by atoms with Gasteiger partial charge in [-0.25, -0.2) is 4.79 Å². The molecule has 1 aromatic rings. The first-order valence-electron chi connectivity index (χ1n) is 10.9. The van der Waals surface area contributed by atoms with E-state index in [2.05, 4.69) is 45.4 Å². The Kier molecular flexibility index (Phi) is 6.07. The van der Waals surface area contributed by atoms with Gasteiger partial charge in [0.1, 0.15) is 0 Å². The Bertz CT molecular complexity index is 637. The number of urea groups is 1. The second-order valence-electron chi connectivity index (χ2n) is 8.36. The first kappa shape index (κ1) is 19.5. The topological polar surface area (TPSA) is 48.1 Å². The summed E-state index contributed by atoms with van der Waals surface area (Å²) in [6, 6.07) is 11.4. The smallest absolute Gasteiger partial charge is 0.317 e. The number of amides is 2. The summed E-state index contributed by atoms with van der Waals surface area (Å²) >= 11 is 0. The quantitative estimate of drug-likeness (QED) is 0.867. The number of ether oxygens (including phenoxy) is 1. The van der Waals surface area contributed by atoms with E-state index in [4.69, 9.17) is 4.74 Å². The molecule has 3 aliphatic rings. The van der Waals surface area contributed by atoms with Crippen LogP contribution in [-0.2, 0) is 4.74 Å². The Hall–Kier alpha value is -1.79. The molecule has 4 rings (SSSR count). The van der Waals surface area contributed by atoms with Gasteiger partial charge in [0.25, 0.3) is 0 Å². The minimum absolute atomic E-state index is 0.0253. The average molecular weight is 387 g/mol. The summed E-state index contributed by atoms with van der Waals surface area (Å²) in [5.74, 6) is 0. The molecule has 28 heavy (non-hydrogen) atoms. The van der Waals surface area contributed by atoms with Crippen LogP contribution in [0.3, 0.4) is 0 Å². The van der Waals surface area contributed by atoms with Crippen LogP contribution in [0.1, 0.15) is 32.6 Å². The summed E-state index contributed by atoms with van der Waals surface area (Å²) in [6.07, 6.45) is 4.17. The van der Waals surface area contributed by atoms with Gasteiger partial charge in [0.2, 0.25) is 0 Å². The van der Waals surface area contributed by atoms with E-state index < -0.39 is 0 Å². The number of hydrogen-bond donors (Lipinski definition) is 1. The summed E-state index contributed by atoms with van der Waals surface area (Å²) in [6.45, 7) is 9.56. The van der Waals surface area contributed by atoms with Crippen LogP contribution < -0.4 is 10.2 Å². The normalized spacial score (nSPS) is 25.7. The molecule has 2 amide bonds. The lowest BCUT2D eigenvalue weighted by Crippen LogP contribution is -2.58. The van der Waals surface area contributed by atoms with Gasteiger partial charge in [0, 0.05) is 64.1 Å². The second kappa shape index (κ2) is 8.70. The van der Waals surface area contributed by atoms with E-state index >= 15 is 0 Å². The van der Waals surface area contributed by atoms with Crippen LogP contribution >= 0.6 is 0 Å². The summed E-state index contributed by atoms with van der Waals surface area (Å²) in [7, 11) is 0. The van der Waals surface area contributed by atoms with E-state index in [1.165, 1.54) is 5.69 Å². The molecule has 3 heterocycles. The third kappa shape index (κ3) is 4.28. The van der Waals surface area contributed by atoms with Crippen LogP contribution in [0.4, 0.5) is 10.5 Å². The lowest BCUT2D eigenvalue weighted by atomic mass is 9.81. The van der Waals surface area contributed by atoms with E-state index in [1.807, 2.05) is 11.8 Å². The van der Waals surface area contributed by atoms with Gasteiger partial charge < -0.3 is 19.9 Å². The van der Waals surface area contributed by atoms with Gasteiger partial charge in [-0.05, 0) is 44.7 Å². The van der Waals surface area contributed by atoms with Crippen molar-refractivity contribution in [1.29, 1.82) is 0 Å². The number of piperazine rings is 1. The second-order valence-corrected chi connectivity index (χ2v) is 8.36. The van der Waals surface area contributed by atoms with Gasteiger partial charge in [-0.1, -0.05) is 18.2 Å². The van der Waals surface area contributed by atoms with Gasteiger partial charge in [0.05, 0.1) is 5.60 Å². The first-order chi connectivity index (χ1) is 13.7. The average Bonchev–Trinajstić information content (AvgIpc) is 2.75. The van der Waals surface area contributed by atoms with Crippen molar-refractivity contribution in [3.05, 3.63) is 30.3 Å². The summed E-state index contributed by atoms with van der Waals surface area (Å²) in [5.41, 5.74) is 1.31. The van der Waals surface area contributed by atoms with Crippen molar-refractivity contribution in [3.8, 4) is 0 Å². The number of rotatable bonds is 3. The van der Waals surface area contributed by atoms with Crippen molar-refractivity contribution in [2.75, 3.05) is 57.3 Å². The summed E-state index contributed by atoms with van der Waals surface area (Å²) in [4.78, 5) is 19.2. The molecule has 1 N–H and O–H groups in total. The molecule has 0 unspecified atom stereocenters. The Balaban J connectivity index is 1.30. The maximum Gasteiger partial charge on any atom is 0.317 e. The van der Waals surface area contributed by atoms with Crippen molar-refractivity contribution >= 4 is 11.7 Å². The number of para-hydroxylation sites is 1. The number of hydrogen-bond acceptors (Lipinski definition) is 4. The Morgan fingerprint density at radius 3 is 2.50 bits per heavy atom. The van der Waals surface area contributed by atoms with Gasteiger partial charge >= 0.3 is 6.03 Å². The van der Waals surface area contributed by atoms with Crippen LogP contribution in [0.5, 0.6) is 0 Å². The van der Waals surface area contributed by atoms with E-state index in [1.54, 1.807) is 0 Å². The predicted octanol–water partition coefficient (Wildman–Crippen LogP) is 2.55. The van der Waals surface area contributed by atoms with Crippen LogP contribution in [0.25, 0.3) is 0 Å². The third-order valence-electron chi connectivity index (χ3n) is 6.71. The highest BCUT2D eigenvalue weighted by molar-refractivity contribution is 5.74. The largest absolute Gasteiger partial charge is 0.375 e. The van der Waals surface area contributed by atoms with Crippen LogP contribution in [0, 0.1) is 0 Å². The number of nitrogens with zero attached hydrogens (tertiary/aromatic N) is 3. The van der Waals surface area contributed by atoms with Gasteiger partial charge in [-0.3, -0.25) is 4.90 Å². The van der Waals surface area contributed by atoms with Gasteiger partial charge in [-0.2, -0.15) is 0 Å². The molecule has 3 fully saturated rings. The van der Waals surface area contributed by atoms with Crippen LogP contribution in [0.2, 0.25) is 0 Å². The monoisotopic (exact) mass is 386 g/mol. The van der Waals surface area contributed by atoms with Crippen molar-refractivity contribution in [2.24, 2.45) is 0 Å². The lowest BCUT2D eigenvalue weighted by molar-refractivity contribution is -0.129. The minimum atomic E-state index is -0.0253. The Morgan fingerprint density at radius 1 is 1.11 bits per heavy atom. The SMILES string of the molecule is CCNC(=O)N1CCC2(CC1)C[C@H](N1CCN(c3ccccc3)CC1)CCO2. The minimum Gasteiger partial charge on any atom is -0.375 e. The molecule has 6 nitrogen and oxygen atoms in total. The highest BCUT2D eigenvalue weighted by Crippen LogP contribution is 2.37. The first-order valence-corrected chi connectivity index (χ1v) is 10.9. The Labute approximate surface area is 168 Å². The van der Waals surface area contributed by atoms with Crippen molar-refractivity contribution in [3.63, 3.8) is 0 Å². The van der Waals surface area contributed by atoms with E-state index in [0.29, 0.717) is 12.6 Å². The predicted molar refractivity (Wildman–Crippen MR) is 112 cm³/mol. The maximum absolute atomic E-state index is 12.1. The molecule has 3 saturated heterocycles. The third-order valence-corrected chi connectivity index (χ3v) is 6.71. The maximum atomic E-state index is 12.1. The molecule has 1 aromatic carbocycles. The fourth-order valence-corrected chi connectivity index (χ4v) is 5.03. The van der Waals surface area contributed by atoms with Gasteiger partial charge in [0.15, 0.2) is 0 Å². The Morgan fingerprint density at radius 2 is 1.82 bits per heavy atom. The molecule has 154 valence electrons. The molecular weight excluding hydrogens is 352 g/mol. The molecule has 1 atom stereocenters. The molecule has 0 radical (unpaired) electrons. The number of benzene rings is 1. The molecule has 6 heteroatoms. The van der Waals surface area contributed by atoms with E-state index in [9.17, 15) is 4.79 Å². The summed E-state index contributed by atoms with van der Waals surface area (Å²) in [5, 5.41) is 2.92. The zero-order valence-electron chi connectivity index (χ0n) is 17.1. The number of nitrogens with one attached hydrogen (secondary N) is 1. The molecule has 0 aliphatic carbocycles. The molecule has 1 spiro atoms. The fourth-order valence-electron chi connectivity index (χ4n) is 5.03. The molecule has 3 aliphatic heterocycles. The van der Waals surface area contributed by atoms with Crippen molar-refractivity contribution < 1.29 is 9.53 Å².